The topological polar surface area (TPSA) is 38.9 Å². The van der Waals surface area contributed by atoms with Crippen molar-refractivity contribution in [3.63, 3.8) is 0 Å². The standard InChI is InChI=1S/C25H20N2O/c1-15-7-12-22(26-14-15)18-10-8-16(2)21(13-18)19-5-4-6-23-24(19)20-11-9-17(3)27-25(20)28-23/h4-14H,1-3H3/i1D3,2D3. The lowest BCUT2D eigenvalue weighted by Crippen LogP contribution is -1.89. The normalized spacial score (nSPS) is 15.5. The lowest BCUT2D eigenvalue weighted by Gasteiger charge is -2.11. The molecule has 0 bridgehead atoms. The number of furan rings is 1. The van der Waals surface area contributed by atoms with Crippen molar-refractivity contribution in [3.05, 3.63) is 83.7 Å². The van der Waals surface area contributed by atoms with E-state index in [9.17, 15) is 0 Å². The average Bonchev–Trinajstić information content (AvgIpc) is 3.15. The minimum atomic E-state index is -2.34. The van der Waals surface area contributed by atoms with Crippen LogP contribution in [0.5, 0.6) is 0 Å². The summed E-state index contributed by atoms with van der Waals surface area (Å²) in [7, 11) is 0. The van der Waals surface area contributed by atoms with Crippen LogP contribution in [0.3, 0.4) is 0 Å². The van der Waals surface area contributed by atoms with Gasteiger partial charge in [-0.2, -0.15) is 0 Å². The van der Waals surface area contributed by atoms with Gasteiger partial charge in [0.1, 0.15) is 5.58 Å². The van der Waals surface area contributed by atoms with Gasteiger partial charge in [0.25, 0.3) is 0 Å². The second-order valence-corrected chi connectivity index (χ2v) is 6.78. The van der Waals surface area contributed by atoms with Crippen LogP contribution in [-0.4, -0.2) is 9.97 Å². The molecule has 3 nitrogen and oxygen atoms in total. The van der Waals surface area contributed by atoms with E-state index in [-0.39, 0.29) is 11.1 Å². The molecule has 28 heavy (non-hydrogen) atoms. The molecule has 5 rings (SSSR count). The van der Waals surface area contributed by atoms with Gasteiger partial charge in [0.2, 0.25) is 5.71 Å². The molecular weight excluding hydrogens is 344 g/mol. The summed E-state index contributed by atoms with van der Waals surface area (Å²) < 4.78 is 53.0. The Hall–Kier alpha value is -3.46. The first-order valence-corrected chi connectivity index (χ1v) is 8.93. The van der Waals surface area contributed by atoms with E-state index in [2.05, 4.69) is 9.97 Å². The van der Waals surface area contributed by atoms with Crippen molar-refractivity contribution in [2.45, 2.75) is 20.6 Å². The van der Waals surface area contributed by atoms with Gasteiger partial charge in [-0.15, -0.1) is 0 Å². The van der Waals surface area contributed by atoms with Crippen molar-refractivity contribution >= 4 is 22.1 Å². The molecule has 0 aliphatic heterocycles. The van der Waals surface area contributed by atoms with Gasteiger partial charge in [-0.25, -0.2) is 4.98 Å². The number of aryl methyl sites for hydroxylation is 3. The minimum absolute atomic E-state index is 0.146. The molecule has 0 aliphatic rings. The fraction of sp³-hybridized carbons (Fsp3) is 0.120. The number of benzene rings is 2. The number of rotatable bonds is 2. The molecule has 0 spiro atoms. The van der Waals surface area contributed by atoms with E-state index in [0.29, 0.717) is 33.7 Å². The molecule has 0 atom stereocenters. The van der Waals surface area contributed by atoms with Gasteiger partial charge in [-0.1, -0.05) is 30.3 Å². The highest BCUT2D eigenvalue weighted by Gasteiger charge is 2.15. The number of aromatic nitrogens is 2. The molecule has 0 aliphatic carbocycles. The van der Waals surface area contributed by atoms with Crippen LogP contribution in [0, 0.1) is 20.6 Å². The zero-order valence-corrected chi connectivity index (χ0v) is 15.2. The maximum atomic E-state index is 8.12. The highest BCUT2D eigenvalue weighted by atomic mass is 16.3. The Balaban J connectivity index is 1.75. The fourth-order valence-corrected chi connectivity index (χ4v) is 3.51. The van der Waals surface area contributed by atoms with E-state index >= 15 is 0 Å². The molecule has 5 aromatic rings. The second-order valence-electron chi connectivity index (χ2n) is 6.78. The summed E-state index contributed by atoms with van der Waals surface area (Å²) in [5.41, 5.74) is 4.77. The summed E-state index contributed by atoms with van der Waals surface area (Å²) in [6.07, 6.45) is 1.33. The third kappa shape index (κ3) is 2.67. The smallest absolute Gasteiger partial charge is 0.227 e. The van der Waals surface area contributed by atoms with Crippen LogP contribution in [0.4, 0.5) is 0 Å². The van der Waals surface area contributed by atoms with Gasteiger partial charge < -0.3 is 4.42 Å². The van der Waals surface area contributed by atoms with Gasteiger partial charge in [-0.3, -0.25) is 4.98 Å². The van der Waals surface area contributed by atoms with Gasteiger partial charge in [-0.05, 0) is 73.2 Å². The molecule has 0 unspecified atom stereocenters. The Morgan fingerprint density at radius 1 is 0.929 bits per heavy atom. The third-order valence-corrected chi connectivity index (χ3v) is 4.87. The molecule has 0 saturated heterocycles. The van der Waals surface area contributed by atoms with Crippen molar-refractivity contribution in [1.82, 2.24) is 9.97 Å². The van der Waals surface area contributed by atoms with Gasteiger partial charge in [0, 0.05) is 36.5 Å². The molecular formula is C25H20N2O. The summed E-state index contributed by atoms with van der Waals surface area (Å²) in [5, 5.41) is 1.59. The van der Waals surface area contributed by atoms with Crippen molar-refractivity contribution in [1.29, 1.82) is 0 Å². The highest BCUT2D eigenvalue weighted by Crippen LogP contribution is 2.38. The highest BCUT2D eigenvalue weighted by molar-refractivity contribution is 6.11. The Bertz CT molecular complexity index is 1530. The van der Waals surface area contributed by atoms with Crippen molar-refractivity contribution in [2.75, 3.05) is 0 Å². The average molecular weight is 370 g/mol. The maximum absolute atomic E-state index is 8.12. The summed E-state index contributed by atoms with van der Waals surface area (Å²) in [4.78, 5) is 8.80. The number of hydrogen-bond donors (Lipinski definition) is 0. The summed E-state index contributed by atoms with van der Waals surface area (Å²) in [6.45, 7) is -2.70. The third-order valence-electron chi connectivity index (χ3n) is 4.87. The summed E-state index contributed by atoms with van der Waals surface area (Å²) >= 11 is 0. The summed E-state index contributed by atoms with van der Waals surface area (Å²) in [5.74, 6) is 0. The SMILES string of the molecule is [2H]C([2H])([2H])c1ccc(-c2ccc(C([2H])([2H])[2H])c(-c3cccc4oc5nc(C)ccc5c34)c2)nc1. The predicted molar refractivity (Wildman–Crippen MR) is 114 cm³/mol. The lowest BCUT2D eigenvalue weighted by molar-refractivity contribution is 0.652. The van der Waals surface area contributed by atoms with E-state index in [1.165, 1.54) is 12.3 Å². The Morgan fingerprint density at radius 3 is 2.71 bits per heavy atom. The Kier molecular flexibility index (Phi) is 2.57. The van der Waals surface area contributed by atoms with E-state index in [4.69, 9.17) is 12.6 Å². The zero-order valence-electron chi connectivity index (χ0n) is 21.2. The fourth-order valence-electron chi connectivity index (χ4n) is 3.51. The monoisotopic (exact) mass is 370 g/mol. The molecule has 136 valence electrons. The van der Waals surface area contributed by atoms with Crippen LogP contribution >= 0.6 is 0 Å². The van der Waals surface area contributed by atoms with Crippen molar-refractivity contribution in [2.24, 2.45) is 0 Å². The van der Waals surface area contributed by atoms with E-state index < -0.39 is 13.7 Å². The van der Waals surface area contributed by atoms with Crippen LogP contribution in [0.25, 0.3) is 44.5 Å². The maximum Gasteiger partial charge on any atom is 0.227 e. The molecule has 3 heteroatoms. The van der Waals surface area contributed by atoms with E-state index in [0.717, 1.165) is 16.5 Å². The molecule has 3 aromatic heterocycles. The van der Waals surface area contributed by atoms with Gasteiger partial charge in [0.15, 0.2) is 0 Å². The van der Waals surface area contributed by atoms with Gasteiger partial charge in [0.05, 0.1) is 5.69 Å². The number of hydrogen-bond acceptors (Lipinski definition) is 3. The van der Waals surface area contributed by atoms with Crippen LogP contribution < -0.4 is 0 Å². The van der Waals surface area contributed by atoms with E-state index in [1.807, 2.05) is 37.3 Å². The molecule has 0 amide bonds. The first-order chi connectivity index (χ1) is 16.0. The Morgan fingerprint density at radius 2 is 1.89 bits per heavy atom. The molecule has 3 heterocycles. The van der Waals surface area contributed by atoms with Crippen LogP contribution in [0.1, 0.15) is 25.0 Å². The number of fused-ring (bicyclic) bond motifs is 3. The van der Waals surface area contributed by atoms with E-state index in [1.54, 1.807) is 24.3 Å². The molecule has 0 N–H and O–H groups in total. The first kappa shape index (κ1) is 11.4. The zero-order chi connectivity index (χ0) is 24.3. The van der Waals surface area contributed by atoms with Crippen molar-refractivity contribution in [3.8, 4) is 22.4 Å². The van der Waals surface area contributed by atoms with Crippen LogP contribution in [0.15, 0.2) is 71.3 Å². The van der Waals surface area contributed by atoms with Crippen LogP contribution in [-0.2, 0) is 0 Å². The Labute approximate surface area is 172 Å². The number of nitrogens with zero attached hydrogens (tertiary/aromatic N) is 2. The molecule has 0 fully saturated rings. The second kappa shape index (κ2) is 6.31. The largest absolute Gasteiger partial charge is 0.438 e. The first-order valence-electron chi connectivity index (χ1n) is 11.9. The summed E-state index contributed by atoms with van der Waals surface area (Å²) in [6, 6.07) is 17.6. The van der Waals surface area contributed by atoms with Crippen LogP contribution in [0.2, 0.25) is 0 Å². The predicted octanol–water partition coefficient (Wildman–Crippen LogP) is 6.64. The molecule has 2 aromatic carbocycles. The number of pyridine rings is 2. The molecule has 0 saturated carbocycles. The molecule has 0 radical (unpaired) electrons. The van der Waals surface area contributed by atoms with Crippen molar-refractivity contribution < 1.29 is 12.6 Å². The lowest BCUT2D eigenvalue weighted by atomic mass is 9.94. The van der Waals surface area contributed by atoms with Gasteiger partial charge >= 0.3 is 0 Å². The minimum Gasteiger partial charge on any atom is -0.438 e. The quantitative estimate of drug-likeness (QED) is 0.350.